The summed E-state index contributed by atoms with van der Waals surface area (Å²) >= 11 is 0. The number of sulfonamides is 1. The number of benzene rings is 1. The average Bonchev–Trinajstić information content (AvgIpc) is 2.77. The second-order valence-electron chi connectivity index (χ2n) is 3.90. The molecule has 7 nitrogen and oxygen atoms in total. The monoisotopic (exact) mass is 282 g/mol. The number of hydrogen-bond donors (Lipinski definition) is 3. The first kappa shape index (κ1) is 13.4. The minimum absolute atomic E-state index is 0.0318. The fourth-order valence-corrected chi connectivity index (χ4v) is 2.37. The van der Waals surface area contributed by atoms with Crippen molar-refractivity contribution >= 4 is 15.7 Å². The Morgan fingerprint density at radius 2 is 2.11 bits per heavy atom. The highest BCUT2D eigenvalue weighted by atomic mass is 32.2. The topological polar surface area (TPSA) is 110 Å². The van der Waals surface area contributed by atoms with Crippen LogP contribution >= 0.6 is 0 Å². The Bertz CT molecular complexity index is 694. The lowest BCUT2D eigenvalue weighted by molar-refractivity contribution is 0.448. The van der Waals surface area contributed by atoms with Crippen molar-refractivity contribution in [3.8, 4) is 11.6 Å². The molecule has 0 atom stereocenters. The third-order valence-electron chi connectivity index (χ3n) is 2.42. The minimum atomic E-state index is -3.66. The Kier molecular flexibility index (Phi) is 3.45. The molecule has 0 unspecified atom stereocenters. The van der Waals surface area contributed by atoms with E-state index in [2.05, 4.69) is 14.9 Å². The fraction of sp³-hybridized carbons (Fsp3) is 0.182. The van der Waals surface area contributed by atoms with Crippen LogP contribution < -0.4 is 15.2 Å². The first-order chi connectivity index (χ1) is 8.92. The van der Waals surface area contributed by atoms with Crippen LogP contribution in [0.15, 0.2) is 29.2 Å². The Morgan fingerprint density at radius 1 is 1.37 bits per heavy atom. The second kappa shape index (κ2) is 4.90. The number of aryl methyl sites for hydroxylation is 1. The summed E-state index contributed by atoms with van der Waals surface area (Å²) < 4.78 is 31.5. The van der Waals surface area contributed by atoms with Gasteiger partial charge in [-0.05, 0) is 32.2 Å². The molecule has 1 aromatic carbocycles. The Morgan fingerprint density at radius 3 is 2.68 bits per heavy atom. The van der Waals surface area contributed by atoms with E-state index in [1.165, 1.54) is 19.2 Å². The molecule has 2 aromatic rings. The third kappa shape index (κ3) is 2.85. The Hall–Kier alpha value is -2.06. The van der Waals surface area contributed by atoms with Gasteiger partial charge in [0.15, 0.2) is 0 Å². The zero-order valence-corrected chi connectivity index (χ0v) is 11.3. The molecule has 0 spiro atoms. The van der Waals surface area contributed by atoms with Crippen LogP contribution in [0.3, 0.4) is 0 Å². The highest BCUT2D eigenvalue weighted by molar-refractivity contribution is 7.89. The summed E-state index contributed by atoms with van der Waals surface area (Å²) in [5.74, 6) is 0.449. The molecule has 0 aliphatic carbocycles. The second-order valence-corrected chi connectivity index (χ2v) is 5.76. The van der Waals surface area contributed by atoms with Gasteiger partial charge in [0.25, 0.3) is 0 Å². The number of nitrogens with one attached hydrogen (secondary N) is 2. The maximum atomic E-state index is 11.9. The van der Waals surface area contributed by atoms with Crippen LogP contribution in [-0.4, -0.2) is 25.7 Å². The molecule has 0 amide bonds. The molecule has 102 valence electrons. The van der Waals surface area contributed by atoms with Crippen molar-refractivity contribution in [2.24, 2.45) is 0 Å². The Labute approximate surface area is 110 Å². The third-order valence-corrected chi connectivity index (χ3v) is 3.86. The summed E-state index contributed by atoms with van der Waals surface area (Å²) in [5, 5.41) is 6.60. The minimum Gasteiger partial charge on any atom is -0.436 e. The van der Waals surface area contributed by atoms with E-state index in [0.29, 0.717) is 5.69 Å². The number of ether oxygens (including phenoxy) is 1. The van der Waals surface area contributed by atoms with Gasteiger partial charge in [0.05, 0.1) is 0 Å². The van der Waals surface area contributed by atoms with Crippen LogP contribution in [0.5, 0.6) is 11.6 Å². The zero-order chi connectivity index (χ0) is 14.0. The van der Waals surface area contributed by atoms with Gasteiger partial charge >= 0.3 is 0 Å². The van der Waals surface area contributed by atoms with Gasteiger partial charge in [0, 0.05) is 17.4 Å². The van der Waals surface area contributed by atoms with Crippen molar-refractivity contribution < 1.29 is 13.2 Å². The van der Waals surface area contributed by atoms with Crippen molar-refractivity contribution in [2.75, 3.05) is 12.8 Å². The number of aromatic nitrogens is 2. The summed E-state index contributed by atoms with van der Waals surface area (Å²) in [7, 11) is -2.34. The van der Waals surface area contributed by atoms with Gasteiger partial charge in [-0.15, -0.1) is 5.10 Å². The van der Waals surface area contributed by atoms with E-state index < -0.39 is 10.0 Å². The molecule has 1 heterocycles. The largest absolute Gasteiger partial charge is 0.436 e. The van der Waals surface area contributed by atoms with Gasteiger partial charge in [-0.2, -0.15) is 0 Å². The van der Waals surface area contributed by atoms with E-state index in [1.54, 1.807) is 12.1 Å². The highest BCUT2D eigenvalue weighted by Crippen LogP contribution is 2.29. The van der Waals surface area contributed by atoms with Crippen LogP contribution in [0.1, 0.15) is 5.69 Å². The molecule has 0 aliphatic heterocycles. The number of rotatable bonds is 4. The molecular formula is C11H14N4O3S. The molecule has 0 radical (unpaired) electrons. The Balaban J connectivity index is 2.46. The van der Waals surface area contributed by atoms with E-state index in [0.717, 1.165) is 5.69 Å². The van der Waals surface area contributed by atoms with Gasteiger partial charge in [0.2, 0.25) is 15.9 Å². The molecule has 19 heavy (non-hydrogen) atoms. The van der Waals surface area contributed by atoms with Crippen LogP contribution in [0.25, 0.3) is 0 Å². The van der Waals surface area contributed by atoms with Crippen LogP contribution in [0, 0.1) is 6.92 Å². The van der Waals surface area contributed by atoms with Gasteiger partial charge in [-0.3, -0.25) is 5.10 Å². The normalized spacial score (nSPS) is 11.5. The first-order valence-electron chi connectivity index (χ1n) is 5.45. The average molecular weight is 282 g/mol. The van der Waals surface area contributed by atoms with E-state index >= 15 is 0 Å². The number of nitrogens with two attached hydrogens (primary N) is 1. The number of aromatic amines is 1. The lowest BCUT2D eigenvalue weighted by Gasteiger charge is -2.10. The summed E-state index contributed by atoms with van der Waals surface area (Å²) in [5.41, 5.74) is 6.75. The molecule has 4 N–H and O–H groups in total. The lowest BCUT2D eigenvalue weighted by atomic mass is 10.3. The fourth-order valence-electron chi connectivity index (χ4n) is 1.49. The lowest BCUT2D eigenvalue weighted by Crippen LogP contribution is -2.19. The summed E-state index contributed by atoms with van der Waals surface area (Å²) in [6.07, 6.45) is 0. The van der Waals surface area contributed by atoms with E-state index in [-0.39, 0.29) is 16.5 Å². The van der Waals surface area contributed by atoms with Crippen molar-refractivity contribution in [1.82, 2.24) is 14.9 Å². The highest BCUT2D eigenvalue weighted by Gasteiger charge is 2.19. The zero-order valence-electron chi connectivity index (χ0n) is 10.5. The van der Waals surface area contributed by atoms with E-state index in [4.69, 9.17) is 10.5 Å². The quantitative estimate of drug-likeness (QED) is 0.725. The standard InChI is InChI=1S/C11H14N4O3S/c1-7-5-11(15-14-7)18-9-4-3-8(12)6-10(9)19(16,17)13-2/h3-6,13H,12H2,1-2H3,(H,14,15). The maximum Gasteiger partial charge on any atom is 0.244 e. The summed E-state index contributed by atoms with van der Waals surface area (Å²) in [6, 6.07) is 6.04. The van der Waals surface area contributed by atoms with E-state index in [1.807, 2.05) is 6.92 Å². The number of nitrogen functional groups attached to an aromatic ring is 1. The molecule has 0 bridgehead atoms. The SMILES string of the molecule is CNS(=O)(=O)c1cc(N)ccc1Oc1cc(C)[nH]n1. The van der Waals surface area contributed by atoms with Crippen LogP contribution in [-0.2, 0) is 10.0 Å². The van der Waals surface area contributed by atoms with Gasteiger partial charge in [-0.25, -0.2) is 13.1 Å². The smallest absolute Gasteiger partial charge is 0.244 e. The predicted octanol–water partition coefficient (Wildman–Crippen LogP) is 1.00. The van der Waals surface area contributed by atoms with Gasteiger partial charge < -0.3 is 10.5 Å². The molecule has 8 heteroatoms. The van der Waals surface area contributed by atoms with Crippen LogP contribution in [0.2, 0.25) is 0 Å². The van der Waals surface area contributed by atoms with Crippen molar-refractivity contribution in [3.63, 3.8) is 0 Å². The summed E-state index contributed by atoms with van der Waals surface area (Å²) in [6.45, 7) is 1.81. The molecule has 0 aliphatic rings. The molecule has 1 aromatic heterocycles. The molecular weight excluding hydrogens is 268 g/mol. The van der Waals surface area contributed by atoms with Crippen molar-refractivity contribution in [1.29, 1.82) is 0 Å². The maximum absolute atomic E-state index is 11.9. The molecule has 2 rings (SSSR count). The first-order valence-corrected chi connectivity index (χ1v) is 6.93. The van der Waals surface area contributed by atoms with Crippen LogP contribution in [0.4, 0.5) is 5.69 Å². The molecule has 0 saturated carbocycles. The number of hydrogen-bond acceptors (Lipinski definition) is 5. The van der Waals surface area contributed by atoms with Crippen molar-refractivity contribution in [3.05, 3.63) is 30.0 Å². The number of H-pyrrole nitrogens is 1. The molecule has 0 saturated heterocycles. The summed E-state index contributed by atoms with van der Waals surface area (Å²) in [4.78, 5) is -0.0318. The van der Waals surface area contributed by atoms with Crippen molar-refractivity contribution in [2.45, 2.75) is 11.8 Å². The number of nitrogens with zero attached hydrogens (tertiary/aromatic N) is 1. The number of anilines is 1. The van der Waals surface area contributed by atoms with E-state index in [9.17, 15) is 8.42 Å². The molecule has 0 fully saturated rings. The van der Waals surface area contributed by atoms with Gasteiger partial charge in [-0.1, -0.05) is 0 Å². The predicted molar refractivity (Wildman–Crippen MR) is 70.5 cm³/mol. The van der Waals surface area contributed by atoms with Gasteiger partial charge in [0.1, 0.15) is 10.6 Å².